The summed E-state index contributed by atoms with van der Waals surface area (Å²) in [6, 6.07) is 18.3. The molecular formula is C21H27NO3S. The summed E-state index contributed by atoms with van der Waals surface area (Å²) in [6.07, 6.45) is 4.29. The normalized spacial score (nSPS) is 13.0. The van der Waals surface area contributed by atoms with E-state index in [0.29, 0.717) is 0 Å². The maximum atomic E-state index is 11.8. The molecule has 4 nitrogen and oxygen atoms in total. The van der Waals surface area contributed by atoms with E-state index in [1.54, 1.807) is 24.4 Å². The van der Waals surface area contributed by atoms with Gasteiger partial charge in [0.15, 0.2) is 0 Å². The van der Waals surface area contributed by atoms with E-state index in [4.69, 9.17) is 9.94 Å². The monoisotopic (exact) mass is 373 g/mol. The fourth-order valence-corrected chi connectivity index (χ4v) is 4.25. The number of nitrogens with one attached hydrogen (secondary N) is 1. The molecule has 0 heterocycles. The molecule has 140 valence electrons. The number of thioether (sulfide) groups is 1. The predicted molar refractivity (Wildman–Crippen MR) is 106 cm³/mol. The van der Waals surface area contributed by atoms with Crippen molar-refractivity contribution in [1.82, 2.24) is 5.48 Å². The maximum absolute atomic E-state index is 11.8. The second-order valence-electron chi connectivity index (χ2n) is 6.63. The molecular weight excluding hydrogens is 346 g/mol. The number of rotatable bonds is 10. The van der Waals surface area contributed by atoms with Gasteiger partial charge in [0.2, 0.25) is 5.91 Å². The Bertz CT molecular complexity index is 675. The predicted octanol–water partition coefficient (Wildman–Crippen LogP) is 4.85. The van der Waals surface area contributed by atoms with E-state index < -0.39 is 0 Å². The van der Waals surface area contributed by atoms with Crippen LogP contribution in [0.1, 0.15) is 38.2 Å². The molecule has 0 spiro atoms. The van der Waals surface area contributed by atoms with E-state index in [2.05, 4.69) is 31.2 Å². The molecule has 0 fully saturated rings. The molecule has 0 aliphatic rings. The van der Waals surface area contributed by atoms with Crippen LogP contribution in [0.15, 0.2) is 59.5 Å². The van der Waals surface area contributed by atoms with Gasteiger partial charge in [0.05, 0.1) is 7.11 Å². The number of hydrogen-bond donors (Lipinski definition) is 2. The molecule has 1 amide bonds. The van der Waals surface area contributed by atoms with Crippen molar-refractivity contribution in [1.29, 1.82) is 0 Å². The highest BCUT2D eigenvalue weighted by Crippen LogP contribution is 2.40. The maximum Gasteiger partial charge on any atom is 0.244 e. The average Bonchev–Trinajstić information content (AvgIpc) is 2.66. The Hall–Kier alpha value is -1.98. The highest BCUT2D eigenvalue weighted by atomic mass is 32.2. The summed E-state index contributed by atoms with van der Waals surface area (Å²) in [4.78, 5) is 12.9. The molecule has 1 unspecified atom stereocenters. The molecule has 0 radical (unpaired) electrons. The van der Waals surface area contributed by atoms with E-state index in [-0.39, 0.29) is 17.1 Å². The first-order chi connectivity index (χ1) is 12.5. The molecule has 0 saturated carbocycles. The van der Waals surface area contributed by atoms with Crippen molar-refractivity contribution in [2.75, 3.05) is 7.11 Å². The van der Waals surface area contributed by atoms with Crippen molar-refractivity contribution >= 4 is 17.7 Å². The molecule has 0 saturated heterocycles. The summed E-state index contributed by atoms with van der Waals surface area (Å²) in [5.74, 6) is 0.462. The van der Waals surface area contributed by atoms with Gasteiger partial charge in [-0.15, -0.1) is 11.8 Å². The molecule has 2 rings (SSSR count). The van der Waals surface area contributed by atoms with Gasteiger partial charge in [-0.05, 0) is 56.0 Å². The van der Waals surface area contributed by atoms with Crippen LogP contribution < -0.4 is 10.2 Å². The zero-order valence-corrected chi connectivity index (χ0v) is 16.2. The molecule has 2 N–H and O–H groups in total. The molecule has 5 heteroatoms. The van der Waals surface area contributed by atoms with Crippen molar-refractivity contribution in [3.63, 3.8) is 0 Å². The number of hydroxylamine groups is 1. The summed E-state index contributed by atoms with van der Waals surface area (Å²) >= 11 is 1.67. The number of aryl methyl sites for hydroxylation is 1. The first-order valence-electron chi connectivity index (χ1n) is 8.84. The standard InChI is InChI=1S/C21H27NO3S/c1-21(16-20(23)22-24,26-19-13-11-18(25-2)12-14-19)15-7-6-10-17-8-4-3-5-9-17/h3-5,8-9,11-14,24H,6-7,10,15-16H2,1-2H3,(H,22,23). The van der Waals surface area contributed by atoms with Gasteiger partial charge in [-0.2, -0.15) is 0 Å². The van der Waals surface area contributed by atoms with Crippen LogP contribution in [0, 0.1) is 0 Å². The second kappa shape index (κ2) is 10.2. The molecule has 0 aliphatic heterocycles. The van der Waals surface area contributed by atoms with E-state index in [9.17, 15) is 4.79 Å². The largest absolute Gasteiger partial charge is 0.497 e. The van der Waals surface area contributed by atoms with Crippen LogP contribution in [-0.4, -0.2) is 23.0 Å². The lowest BCUT2D eigenvalue weighted by Gasteiger charge is -2.28. The van der Waals surface area contributed by atoms with Gasteiger partial charge < -0.3 is 4.74 Å². The lowest BCUT2D eigenvalue weighted by atomic mass is 9.97. The van der Waals surface area contributed by atoms with Crippen molar-refractivity contribution < 1.29 is 14.7 Å². The number of carbonyl (C=O) groups is 1. The Labute approximate surface area is 159 Å². The average molecular weight is 374 g/mol. The smallest absolute Gasteiger partial charge is 0.244 e. The summed E-state index contributed by atoms with van der Waals surface area (Å²) in [5.41, 5.74) is 3.11. The third-order valence-corrected chi connectivity index (χ3v) is 5.70. The van der Waals surface area contributed by atoms with Gasteiger partial charge in [-0.25, -0.2) is 5.48 Å². The number of methoxy groups -OCH3 is 1. The van der Waals surface area contributed by atoms with Crippen LogP contribution in [0.5, 0.6) is 5.75 Å². The first-order valence-corrected chi connectivity index (χ1v) is 9.66. The third kappa shape index (κ3) is 6.73. The third-order valence-electron chi connectivity index (χ3n) is 4.35. The quantitative estimate of drug-likeness (QED) is 0.270. The number of ether oxygens (including phenoxy) is 1. The number of amides is 1. The van der Waals surface area contributed by atoms with Gasteiger partial charge >= 0.3 is 0 Å². The molecule has 0 aliphatic carbocycles. The molecule has 26 heavy (non-hydrogen) atoms. The van der Waals surface area contributed by atoms with Gasteiger partial charge in [0.1, 0.15) is 5.75 Å². The molecule has 0 bridgehead atoms. The molecule has 0 aromatic heterocycles. The van der Waals surface area contributed by atoms with E-state index >= 15 is 0 Å². The number of carbonyl (C=O) groups excluding carboxylic acids is 1. The Morgan fingerprint density at radius 2 is 1.81 bits per heavy atom. The van der Waals surface area contributed by atoms with Gasteiger partial charge in [0, 0.05) is 16.1 Å². The topological polar surface area (TPSA) is 58.6 Å². The highest BCUT2D eigenvalue weighted by Gasteiger charge is 2.28. The van der Waals surface area contributed by atoms with Gasteiger partial charge in [-0.1, -0.05) is 36.8 Å². The van der Waals surface area contributed by atoms with Crippen molar-refractivity contribution in [2.24, 2.45) is 0 Å². The molecule has 2 aromatic carbocycles. The Morgan fingerprint density at radius 1 is 1.12 bits per heavy atom. The van der Waals surface area contributed by atoms with Gasteiger partial charge in [0.25, 0.3) is 0 Å². The number of unbranched alkanes of at least 4 members (excludes halogenated alkanes) is 1. The fourth-order valence-electron chi connectivity index (χ4n) is 2.96. The van der Waals surface area contributed by atoms with Crippen molar-refractivity contribution in [3.05, 3.63) is 60.2 Å². The van der Waals surface area contributed by atoms with Crippen LogP contribution >= 0.6 is 11.8 Å². The molecule has 2 aromatic rings. The van der Waals surface area contributed by atoms with Crippen LogP contribution in [0.2, 0.25) is 0 Å². The lowest BCUT2D eigenvalue weighted by molar-refractivity contribution is -0.129. The van der Waals surface area contributed by atoms with E-state index in [1.807, 2.05) is 30.3 Å². The Kier molecular flexibility index (Phi) is 8.01. The summed E-state index contributed by atoms with van der Waals surface area (Å²) in [6.45, 7) is 2.08. The van der Waals surface area contributed by atoms with Crippen molar-refractivity contribution in [2.45, 2.75) is 48.7 Å². The van der Waals surface area contributed by atoms with Crippen LogP contribution in [0.25, 0.3) is 0 Å². The Balaban J connectivity index is 1.95. The molecule has 1 atom stereocenters. The van der Waals surface area contributed by atoms with E-state index in [1.165, 1.54) is 5.56 Å². The second-order valence-corrected chi connectivity index (χ2v) is 8.29. The van der Waals surface area contributed by atoms with Crippen LogP contribution in [0.3, 0.4) is 0 Å². The number of benzene rings is 2. The van der Waals surface area contributed by atoms with Gasteiger partial charge in [-0.3, -0.25) is 10.0 Å². The van der Waals surface area contributed by atoms with E-state index in [0.717, 1.165) is 36.3 Å². The fraction of sp³-hybridized carbons (Fsp3) is 0.381. The van der Waals surface area contributed by atoms with Crippen LogP contribution in [0.4, 0.5) is 0 Å². The highest BCUT2D eigenvalue weighted by molar-refractivity contribution is 8.00. The van der Waals surface area contributed by atoms with Crippen LogP contribution in [-0.2, 0) is 11.2 Å². The lowest BCUT2D eigenvalue weighted by Crippen LogP contribution is -2.30. The minimum absolute atomic E-state index is 0.269. The minimum atomic E-state index is -0.350. The van der Waals surface area contributed by atoms with Crippen molar-refractivity contribution in [3.8, 4) is 5.75 Å². The SMILES string of the molecule is COc1ccc(SC(C)(CCCCc2ccccc2)CC(=O)NO)cc1. The minimum Gasteiger partial charge on any atom is -0.497 e. The summed E-state index contributed by atoms with van der Waals surface area (Å²) in [5, 5.41) is 8.93. The summed E-state index contributed by atoms with van der Waals surface area (Å²) in [7, 11) is 1.64. The zero-order chi connectivity index (χ0) is 18.8. The number of hydrogen-bond acceptors (Lipinski definition) is 4. The first kappa shape index (κ1) is 20.3. The Morgan fingerprint density at radius 3 is 2.42 bits per heavy atom. The summed E-state index contributed by atoms with van der Waals surface area (Å²) < 4.78 is 4.92. The zero-order valence-electron chi connectivity index (χ0n) is 15.4.